The molecular formula is C9H11F3N4. The van der Waals surface area contributed by atoms with E-state index in [2.05, 4.69) is 20.9 Å². The van der Waals surface area contributed by atoms with Crippen LogP contribution in [0.2, 0.25) is 0 Å². The van der Waals surface area contributed by atoms with Crippen molar-refractivity contribution in [3.8, 4) is 0 Å². The average Bonchev–Trinajstić information content (AvgIpc) is 2.60. The number of amidine groups is 1. The van der Waals surface area contributed by atoms with Crippen LogP contribution in [0.4, 0.5) is 13.2 Å². The van der Waals surface area contributed by atoms with Crippen LogP contribution < -0.4 is 16.0 Å². The van der Waals surface area contributed by atoms with Gasteiger partial charge in [0.2, 0.25) is 0 Å². The Morgan fingerprint density at radius 2 is 2.25 bits per heavy atom. The van der Waals surface area contributed by atoms with Crippen molar-refractivity contribution >= 4 is 5.84 Å². The molecule has 2 aliphatic heterocycles. The Morgan fingerprint density at radius 1 is 1.50 bits per heavy atom. The number of rotatable bonds is 2. The van der Waals surface area contributed by atoms with Crippen LogP contribution in [0.15, 0.2) is 28.7 Å². The summed E-state index contributed by atoms with van der Waals surface area (Å²) in [6.45, 7) is 0.638. The number of alkyl halides is 3. The minimum absolute atomic E-state index is 0.281. The Kier molecular flexibility index (Phi) is 2.53. The molecule has 16 heavy (non-hydrogen) atoms. The van der Waals surface area contributed by atoms with Gasteiger partial charge in [-0.05, 0) is 19.2 Å². The lowest BCUT2D eigenvalue weighted by Crippen LogP contribution is -2.42. The molecule has 3 N–H and O–H groups in total. The minimum Gasteiger partial charge on any atom is -0.366 e. The van der Waals surface area contributed by atoms with Crippen LogP contribution in [0.1, 0.15) is 6.92 Å². The van der Waals surface area contributed by atoms with Crippen molar-refractivity contribution in [1.29, 1.82) is 0 Å². The summed E-state index contributed by atoms with van der Waals surface area (Å²) < 4.78 is 36.2. The molecule has 2 heterocycles. The zero-order chi connectivity index (χ0) is 11.8. The van der Waals surface area contributed by atoms with E-state index in [4.69, 9.17) is 0 Å². The molecule has 0 amide bonds. The molecule has 88 valence electrons. The van der Waals surface area contributed by atoms with Gasteiger partial charge in [0.1, 0.15) is 24.4 Å². The summed E-state index contributed by atoms with van der Waals surface area (Å²) in [5.74, 6) is 0.936. The van der Waals surface area contributed by atoms with E-state index in [9.17, 15) is 13.2 Å². The van der Waals surface area contributed by atoms with Crippen molar-refractivity contribution in [1.82, 2.24) is 16.0 Å². The number of hydrogen-bond donors (Lipinski definition) is 3. The van der Waals surface area contributed by atoms with E-state index < -0.39 is 12.7 Å². The predicted octanol–water partition coefficient (Wildman–Crippen LogP) is 0.815. The van der Waals surface area contributed by atoms with Crippen molar-refractivity contribution in [2.45, 2.75) is 19.3 Å². The Bertz CT molecular complexity index is 381. The Balaban J connectivity index is 2.10. The van der Waals surface area contributed by atoms with Gasteiger partial charge in [0.15, 0.2) is 0 Å². The maximum Gasteiger partial charge on any atom is 0.405 e. The van der Waals surface area contributed by atoms with Crippen LogP contribution in [0, 0.1) is 0 Å². The van der Waals surface area contributed by atoms with Crippen molar-refractivity contribution in [3.05, 3.63) is 23.7 Å². The minimum atomic E-state index is -4.23. The SMILES string of the molecule is CC1=NC2NC=CC2=C(NCC(F)(F)F)N1. The molecular weight excluding hydrogens is 221 g/mol. The van der Waals surface area contributed by atoms with Crippen molar-refractivity contribution < 1.29 is 13.2 Å². The van der Waals surface area contributed by atoms with Gasteiger partial charge in [-0.1, -0.05) is 0 Å². The second kappa shape index (κ2) is 3.73. The summed E-state index contributed by atoms with van der Waals surface area (Å²) in [6, 6.07) is 0. The van der Waals surface area contributed by atoms with E-state index in [-0.39, 0.29) is 6.17 Å². The molecule has 0 aromatic heterocycles. The molecule has 2 aliphatic rings. The fourth-order valence-electron chi connectivity index (χ4n) is 1.55. The topological polar surface area (TPSA) is 48.5 Å². The molecule has 0 saturated carbocycles. The highest BCUT2D eigenvalue weighted by Gasteiger charge is 2.29. The summed E-state index contributed by atoms with van der Waals surface area (Å²) in [7, 11) is 0. The standard InChI is InChI=1S/C9H11F3N4/c1-5-15-7-6(2-3-13-7)8(16-5)14-4-9(10,11)12/h2-3,7,13-14H,4H2,1H3,(H,15,16). The van der Waals surface area contributed by atoms with E-state index >= 15 is 0 Å². The first-order valence-electron chi connectivity index (χ1n) is 4.74. The van der Waals surface area contributed by atoms with Gasteiger partial charge in [0, 0.05) is 5.57 Å². The first-order valence-corrected chi connectivity index (χ1v) is 4.74. The molecule has 0 aromatic rings. The third kappa shape index (κ3) is 2.29. The lowest BCUT2D eigenvalue weighted by molar-refractivity contribution is -0.123. The molecule has 0 aromatic carbocycles. The summed E-state index contributed by atoms with van der Waals surface area (Å²) in [6.07, 6.45) is -1.15. The molecule has 0 saturated heterocycles. The highest BCUT2D eigenvalue weighted by molar-refractivity contribution is 5.83. The zero-order valence-corrected chi connectivity index (χ0v) is 8.52. The second-order valence-electron chi connectivity index (χ2n) is 3.54. The largest absolute Gasteiger partial charge is 0.405 e. The Labute approximate surface area is 90.3 Å². The molecule has 1 unspecified atom stereocenters. The van der Waals surface area contributed by atoms with Gasteiger partial charge in [-0.2, -0.15) is 13.2 Å². The number of hydrogen-bond acceptors (Lipinski definition) is 4. The van der Waals surface area contributed by atoms with Gasteiger partial charge in [0.05, 0.1) is 0 Å². The number of halogens is 3. The lowest BCUT2D eigenvalue weighted by atomic mass is 10.2. The van der Waals surface area contributed by atoms with Crippen LogP contribution in [-0.2, 0) is 0 Å². The summed E-state index contributed by atoms with van der Waals surface area (Å²) in [5.41, 5.74) is 0.690. The lowest BCUT2D eigenvalue weighted by Gasteiger charge is -2.23. The number of nitrogens with zero attached hydrogens (tertiary/aromatic N) is 1. The summed E-state index contributed by atoms with van der Waals surface area (Å²) in [4.78, 5) is 4.19. The highest BCUT2D eigenvalue weighted by atomic mass is 19.4. The van der Waals surface area contributed by atoms with Crippen LogP contribution in [0.3, 0.4) is 0 Å². The van der Waals surface area contributed by atoms with Gasteiger partial charge < -0.3 is 16.0 Å². The fourth-order valence-corrected chi connectivity index (χ4v) is 1.55. The molecule has 1 atom stereocenters. The van der Waals surface area contributed by atoms with Crippen LogP contribution >= 0.6 is 0 Å². The van der Waals surface area contributed by atoms with E-state index in [1.165, 1.54) is 0 Å². The molecule has 0 spiro atoms. The van der Waals surface area contributed by atoms with Crippen molar-refractivity contribution in [2.75, 3.05) is 6.54 Å². The van der Waals surface area contributed by atoms with Gasteiger partial charge in [-0.3, -0.25) is 0 Å². The van der Waals surface area contributed by atoms with Crippen molar-refractivity contribution in [2.24, 2.45) is 4.99 Å². The van der Waals surface area contributed by atoms with Gasteiger partial charge in [-0.15, -0.1) is 0 Å². The Hall–Kier alpha value is -1.66. The van der Waals surface area contributed by atoms with Gasteiger partial charge in [-0.25, -0.2) is 4.99 Å². The predicted molar refractivity (Wildman–Crippen MR) is 53.4 cm³/mol. The second-order valence-corrected chi connectivity index (χ2v) is 3.54. The smallest absolute Gasteiger partial charge is 0.366 e. The van der Waals surface area contributed by atoms with Gasteiger partial charge in [0.25, 0.3) is 0 Å². The maximum atomic E-state index is 12.1. The third-order valence-corrected chi connectivity index (χ3v) is 2.19. The zero-order valence-electron chi connectivity index (χ0n) is 8.52. The maximum absolute atomic E-state index is 12.1. The van der Waals surface area contributed by atoms with E-state index in [1.807, 2.05) is 0 Å². The van der Waals surface area contributed by atoms with Crippen molar-refractivity contribution in [3.63, 3.8) is 0 Å². The Morgan fingerprint density at radius 3 is 2.94 bits per heavy atom. The first-order chi connectivity index (χ1) is 7.46. The highest BCUT2D eigenvalue weighted by Crippen LogP contribution is 2.19. The van der Waals surface area contributed by atoms with E-state index in [1.54, 1.807) is 19.2 Å². The number of nitrogens with one attached hydrogen (secondary N) is 3. The number of fused-ring (bicyclic) bond motifs is 1. The first kappa shape index (κ1) is 10.8. The fraction of sp³-hybridized carbons (Fsp3) is 0.444. The average molecular weight is 232 g/mol. The monoisotopic (exact) mass is 232 g/mol. The van der Waals surface area contributed by atoms with Crippen LogP contribution in [0.5, 0.6) is 0 Å². The molecule has 4 nitrogen and oxygen atoms in total. The number of aliphatic imine (C=N–C) groups is 1. The summed E-state index contributed by atoms with van der Waals surface area (Å²) >= 11 is 0. The third-order valence-electron chi connectivity index (χ3n) is 2.19. The summed E-state index contributed by atoms with van der Waals surface area (Å²) in [5, 5.41) is 8.05. The van der Waals surface area contributed by atoms with E-state index in [0.717, 1.165) is 0 Å². The molecule has 0 fully saturated rings. The van der Waals surface area contributed by atoms with Gasteiger partial charge >= 0.3 is 6.18 Å². The quantitative estimate of drug-likeness (QED) is 0.660. The molecule has 2 rings (SSSR count). The van der Waals surface area contributed by atoms with E-state index in [0.29, 0.717) is 17.2 Å². The van der Waals surface area contributed by atoms with Crippen LogP contribution in [0.25, 0.3) is 0 Å². The van der Waals surface area contributed by atoms with Crippen LogP contribution in [-0.4, -0.2) is 24.7 Å². The molecule has 0 radical (unpaired) electrons. The molecule has 0 bridgehead atoms. The normalized spacial score (nSPS) is 23.5. The molecule has 7 heteroatoms. The molecule has 0 aliphatic carbocycles.